The molecule has 0 aromatic heterocycles. The lowest BCUT2D eigenvalue weighted by Gasteiger charge is -2.22. The van der Waals surface area contributed by atoms with E-state index in [0.717, 1.165) is 0 Å². The summed E-state index contributed by atoms with van der Waals surface area (Å²) >= 11 is 0. The molecule has 0 bridgehead atoms. The highest BCUT2D eigenvalue weighted by Gasteiger charge is 2.26. The van der Waals surface area contributed by atoms with Crippen molar-refractivity contribution >= 4 is 63.6 Å². The molecule has 0 heterocycles. The third-order valence-corrected chi connectivity index (χ3v) is 5.86. The van der Waals surface area contributed by atoms with E-state index in [1.165, 1.54) is 14.8 Å². The van der Waals surface area contributed by atoms with Gasteiger partial charge >= 0.3 is 0 Å². The van der Waals surface area contributed by atoms with Gasteiger partial charge in [0, 0.05) is 20.6 Å². The number of aliphatic imine (C=N–C) groups is 1. The van der Waals surface area contributed by atoms with Gasteiger partial charge in [0.05, 0.1) is 37.7 Å². The van der Waals surface area contributed by atoms with Gasteiger partial charge in [-0.15, -0.1) is 0 Å². The van der Waals surface area contributed by atoms with Gasteiger partial charge in [-0.3, -0.25) is 24.2 Å². The van der Waals surface area contributed by atoms with Gasteiger partial charge in [-0.1, -0.05) is 0 Å². The lowest BCUT2D eigenvalue weighted by Crippen LogP contribution is -2.54. The maximum absolute atomic E-state index is 12.8. The van der Waals surface area contributed by atoms with Crippen molar-refractivity contribution in [1.29, 1.82) is 0 Å². The second-order valence-electron chi connectivity index (χ2n) is 8.91. The van der Waals surface area contributed by atoms with Gasteiger partial charge in [0.25, 0.3) is 0 Å². The summed E-state index contributed by atoms with van der Waals surface area (Å²) in [6, 6.07) is -2.46. The van der Waals surface area contributed by atoms with E-state index in [2.05, 4.69) is 36.9 Å². The summed E-state index contributed by atoms with van der Waals surface area (Å²) in [5.74, 6) is -1.27. The number of Topliss-reactive ketones (excluding diaryl/α,β-unsaturated/α-hetero) is 1. The number of guanidine groups is 1. The Balaban J connectivity index is 5.03. The van der Waals surface area contributed by atoms with Gasteiger partial charge < -0.3 is 41.5 Å². The van der Waals surface area contributed by atoms with Crippen molar-refractivity contribution in [3.8, 4) is 0 Å². The van der Waals surface area contributed by atoms with Crippen molar-refractivity contribution < 1.29 is 28.8 Å². The van der Waals surface area contributed by atoms with Gasteiger partial charge in [-0.05, 0) is 52.5 Å². The quantitative estimate of drug-likeness (QED) is 0.0410. The number of nitrogens with one attached hydrogen (secondary N) is 6. The van der Waals surface area contributed by atoms with Crippen molar-refractivity contribution in [1.82, 2.24) is 31.9 Å². The van der Waals surface area contributed by atoms with Gasteiger partial charge in [0.1, 0.15) is 6.04 Å². The highest BCUT2D eigenvalue weighted by molar-refractivity contribution is 7.08. The Morgan fingerprint density at radius 2 is 1.53 bits per heavy atom. The maximum Gasteiger partial charge on any atom is 0.243 e. The minimum absolute atomic E-state index is 0.0632. The largest absolute Gasteiger partial charge is 0.359 e. The van der Waals surface area contributed by atoms with Gasteiger partial charge in [0.15, 0.2) is 26.8 Å². The molecule has 0 aliphatic rings. The fourth-order valence-electron chi connectivity index (χ4n) is 3.48. The zero-order valence-corrected chi connectivity index (χ0v) is 23.5. The zero-order chi connectivity index (χ0) is 29.1. The first kappa shape index (κ1) is 34.8. The molecular weight excluding hydrogens is 491 g/mol. The molecule has 16 heteroatoms. The number of hydrogen-bond donors (Lipinski definition) is 6. The van der Waals surface area contributed by atoms with E-state index in [0.29, 0.717) is 32.5 Å². The summed E-state index contributed by atoms with van der Waals surface area (Å²) in [6.45, 7) is 1.52. The van der Waals surface area contributed by atoms with Crippen LogP contribution in [0, 0.1) is 0 Å². The van der Waals surface area contributed by atoms with E-state index in [4.69, 9.17) is 0 Å². The van der Waals surface area contributed by atoms with Crippen LogP contribution in [0.5, 0.6) is 0 Å². The van der Waals surface area contributed by atoms with E-state index in [9.17, 15) is 28.8 Å². The molecule has 0 saturated heterocycles. The first-order chi connectivity index (χ1) is 18.0. The Morgan fingerprint density at radius 1 is 0.868 bits per heavy atom. The van der Waals surface area contributed by atoms with Crippen LogP contribution in [0.25, 0.3) is 0 Å². The van der Waals surface area contributed by atoms with Crippen LogP contribution in [0.1, 0.15) is 45.4 Å². The molecule has 13 nitrogen and oxygen atoms in total. The molecule has 0 aliphatic heterocycles. The minimum Gasteiger partial charge on any atom is -0.359 e. The van der Waals surface area contributed by atoms with E-state index < -0.39 is 42.4 Å². The number of amides is 3. The Morgan fingerprint density at radius 3 is 2.05 bits per heavy atom. The zero-order valence-electron chi connectivity index (χ0n) is 23.5. The van der Waals surface area contributed by atoms with E-state index in [-0.39, 0.29) is 42.8 Å². The topological polar surface area (TPSA) is 187 Å². The summed E-state index contributed by atoms with van der Waals surface area (Å²) in [4.78, 5) is 77.1. The standard InChI is InChI=1S/C22H42B3N7O6/c1-13(33)14(6-5-11-29-22(27-3)28-4)31-19(36)12-30-20(37)16(8-10-18(35)25-24)32-21(38)15(26-2)7-9-17(23)34/h14-16,25-26H,5-12,23-24H2,1-4H3,(H,30,37)(H,31,36)(H,32,38)(H2,27,28,29). The van der Waals surface area contributed by atoms with Crippen LogP contribution < -0.4 is 31.9 Å². The average molecular weight is 533 g/mol. The van der Waals surface area contributed by atoms with Crippen LogP contribution in [0.3, 0.4) is 0 Å². The predicted octanol–water partition coefficient (Wildman–Crippen LogP) is -4.94. The van der Waals surface area contributed by atoms with Crippen LogP contribution in [-0.2, 0) is 28.8 Å². The van der Waals surface area contributed by atoms with Gasteiger partial charge in [-0.2, -0.15) is 0 Å². The minimum atomic E-state index is -1.05. The molecule has 3 amide bonds. The Bertz CT molecular complexity index is 859. The van der Waals surface area contributed by atoms with Crippen LogP contribution >= 0.6 is 0 Å². The highest BCUT2D eigenvalue weighted by atomic mass is 16.2. The Labute approximate surface area is 227 Å². The average Bonchev–Trinajstić information content (AvgIpc) is 2.88. The number of carbonyl (C=O) groups excluding carboxylic acids is 6. The molecule has 3 atom stereocenters. The molecule has 0 saturated carbocycles. The summed E-state index contributed by atoms with van der Waals surface area (Å²) in [7, 11) is 8.37. The molecule has 0 radical (unpaired) electrons. The number of nitrogens with zero attached hydrogens (tertiary/aromatic N) is 1. The van der Waals surface area contributed by atoms with Crippen LogP contribution in [0.4, 0.5) is 0 Å². The molecule has 0 rings (SSSR count). The molecule has 38 heavy (non-hydrogen) atoms. The molecule has 3 unspecified atom stereocenters. The number of ketones is 1. The van der Waals surface area contributed by atoms with Gasteiger partial charge in [0.2, 0.25) is 17.7 Å². The smallest absolute Gasteiger partial charge is 0.243 e. The second kappa shape index (κ2) is 19.9. The molecule has 6 N–H and O–H groups in total. The lowest BCUT2D eigenvalue weighted by molar-refractivity contribution is -0.132. The van der Waals surface area contributed by atoms with Crippen LogP contribution in [-0.4, -0.2) is 116 Å². The number of rotatable bonds is 19. The van der Waals surface area contributed by atoms with Crippen molar-refractivity contribution in [2.45, 2.75) is 63.6 Å². The number of likely N-dealkylation sites (N-methyl/N-ethyl adjacent to an activating group) is 1. The second-order valence-corrected chi connectivity index (χ2v) is 8.91. The van der Waals surface area contributed by atoms with E-state index in [1.807, 2.05) is 0 Å². The lowest BCUT2D eigenvalue weighted by atomic mass is 9.52. The van der Waals surface area contributed by atoms with Crippen LogP contribution in [0.2, 0.25) is 0 Å². The first-order valence-electron chi connectivity index (χ1n) is 12.9. The summed E-state index contributed by atoms with van der Waals surface area (Å²) in [5.41, 5.74) is -0.132. The van der Waals surface area contributed by atoms with E-state index in [1.54, 1.807) is 28.9 Å². The van der Waals surface area contributed by atoms with Crippen molar-refractivity contribution in [2.75, 3.05) is 34.2 Å². The molecular formula is C22H42B3N7O6. The summed E-state index contributed by atoms with van der Waals surface area (Å²) in [5, 5.41) is 16.5. The molecule has 0 spiro atoms. The molecule has 210 valence electrons. The first-order valence-corrected chi connectivity index (χ1v) is 12.9. The van der Waals surface area contributed by atoms with Crippen molar-refractivity contribution in [3.05, 3.63) is 0 Å². The highest BCUT2D eigenvalue weighted by Crippen LogP contribution is 2.03. The monoisotopic (exact) mass is 533 g/mol. The van der Waals surface area contributed by atoms with Gasteiger partial charge in [-0.25, -0.2) is 0 Å². The van der Waals surface area contributed by atoms with Crippen molar-refractivity contribution in [3.63, 3.8) is 0 Å². The third-order valence-electron chi connectivity index (χ3n) is 5.86. The molecule has 0 aliphatic carbocycles. The fourth-order valence-corrected chi connectivity index (χ4v) is 3.48. The molecule has 0 aromatic carbocycles. The molecule has 0 fully saturated rings. The predicted molar refractivity (Wildman–Crippen MR) is 153 cm³/mol. The third kappa shape index (κ3) is 15.2. The van der Waals surface area contributed by atoms with E-state index >= 15 is 0 Å². The fraction of sp³-hybridized carbons (Fsp3) is 0.682. The van der Waals surface area contributed by atoms with Crippen LogP contribution in [0.15, 0.2) is 4.99 Å². The number of carbonyl (C=O) groups is 6. The maximum atomic E-state index is 12.8. The Hall–Kier alpha value is -3.16. The summed E-state index contributed by atoms with van der Waals surface area (Å²) < 4.78 is 0. The van der Waals surface area contributed by atoms with Crippen molar-refractivity contribution in [2.24, 2.45) is 4.99 Å². The summed E-state index contributed by atoms with van der Waals surface area (Å²) in [6.07, 6.45) is 1.58. The Kier molecular flexibility index (Phi) is 18.2. The SMILES string of the molecule is BBC(=O)CCC(NC(=O)C(CCC(B)=O)NC)C(=O)NCC(=O)NC(CCCN/C(=N\C)NC)C(C)=O. The molecule has 0 aromatic rings. The normalized spacial score (nSPS) is 13.3. The number of hydrogen-bond acceptors (Lipinski definition) is 8.